The third-order valence-electron chi connectivity index (χ3n) is 6.04. The number of ketones is 1. The normalized spacial score (nSPS) is 11.0. The first kappa shape index (κ1) is 25.5. The van der Waals surface area contributed by atoms with E-state index in [1.807, 2.05) is 6.07 Å². The van der Waals surface area contributed by atoms with E-state index >= 15 is 0 Å². The van der Waals surface area contributed by atoms with Gasteiger partial charge in [-0.15, -0.1) is 0 Å². The number of nitrogens with one attached hydrogen (secondary N) is 1. The summed E-state index contributed by atoms with van der Waals surface area (Å²) in [6.07, 6.45) is 0.595. The van der Waals surface area contributed by atoms with Gasteiger partial charge in [-0.25, -0.2) is 0 Å². The van der Waals surface area contributed by atoms with E-state index in [2.05, 4.69) is 0 Å². The van der Waals surface area contributed by atoms with E-state index in [0.29, 0.717) is 57.5 Å². The van der Waals surface area contributed by atoms with Crippen LogP contribution in [0.3, 0.4) is 0 Å². The third kappa shape index (κ3) is 5.32. The van der Waals surface area contributed by atoms with Crippen LogP contribution in [0.5, 0.6) is 5.75 Å². The van der Waals surface area contributed by atoms with Gasteiger partial charge in [0.15, 0.2) is 5.78 Å². The summed E-state index contributed by atoms with van der Waals surface area (Å²) >= 11 is 12.5. The van der Waals surface area contributed by atoms with Gasteiger partial charge in [0.2, 0.25) is 5.62 Å². The summed E-state index contributed by atoms with van der Waals surface area (Å²) in [5.74, 6) is 0.381. The molecule has 0 fully saturated rings. The van der Waals surface area contributed by atoms with Gasteiger partial charge in [0.05, 0.1) is 29.7 Å². The molecule has 4 rings (SSSR count). The molecule has 186 valence electrons. The summed E-state index contributed by atoms with van der Waals surface area (Å²) in [5, 5.41) is 9.86. The number of methoxy groups -OCH3 is 1. The van der Waals surface area contributed by atoms with Crippen molar-refractivity contribution in [3.8, 4) is 5.75 Å². The van der Waals surface area contributed by atoms with Crippen molar-refractivity contribution in [1.29, 1.82) is 5.41 Å². The Labute approximate surface area is 218 Å². The number of rotatable bonds is 9. The first-order valence-electron chi connectivity index (χ1n) is 11.4. The van der Waals surface area contributed by atoms with Crippen molar-refractivity contribution in [2.45, 2.75) is 19.5 Å². The van der Waals surface area contributed by atoms with Crippen LogP contribution in [-0.2, 0) is 13.1 Å². The first-order chi connectivity index (χ1) is 17.3. The van der Waals surface area contributed by atoms with Crippen molar-refractivity contribution in [1.82, 2.24) is 14.0 Å². The van der Waals surface area contributed by atoms with Gasteiger partial charge >= 0.3 is 0 Å². The fourth-order valence-corrected chi connectivity index (χ4v) is 4.54. The number of amides is 1. The number of Topliss-reactive ketones (excluding diaryl/α,β-unsaturated/α-hetero) is 1. The van der Waals surface area contributed by atoms with Crippen molar-refractivity contribution in [2.75, 3.05) is 20.7 Å². The van der Waals surface area contributed by atoms with E-state index in [1.54, 1.807) is 88.9 Å². The number of imidazole rings is 1. The average molecular weight is 525 g/mol. The first-order valence-corrected chi connectivity index (χ1v) is 12.2. The molecule has 0 saturated heterocycles. The highest BCUT2D eigenvalue weighted by atomic mass is 35.5. The minimum absolute atomic E-state index is 0.00145. The van der Waals surface area contributed by atoms with Crippen LogP contribution in [0, 0.1) is 5.41 Å². The van der Waals surface area contributed by atoms with Crippen molar-refractivity contribution >= 4 is 45.9 Å². The Hall–Kier alpha value is -3.55. The number of halogens is 2. The molecule has 1 amide bonds. The number of aryl methyl sites for hydroxylation is 1. The lowest BCUT2D eigenvalue weighted by Gasteiger charge is -2.18. The Bertz CT molecular complexity index is 1470. The SMILES string of the molecule is COc1cccc(C(=O)N(C)CCCn2c(=N)n(CC(=O)c3ccc(Cl)cc3)c3cccc(Cl)c32)c1. The average Bonchev–Trinajstić information content (AvgIpc) is 3.15. The van der Waals surface area contributed by atoms with Gasteiger partial charge in [0.1, 0.15) is 5.75 Å². The van der Waals surface area contributed by atoms with Gasteiger partial charge in [0, 0.05) is 36.3 Å². The second kappa shape index (κ2) is 11.0. The predicted molar refractivity (Wildman–Crippen MR) is 141 cm³/mol. The fraction of sp³-hybridized carbons (Fsp3) is 0.222. The summed E-state index contributed by atoms with van der Waals surface area (Å²) in [6, 6.07) is 19.2. The van der Waals surface area contributed by atoms with Crippen LogP contribution < -0.4 is 10.4 Å². The van der Waals surface area contributed by atoms with E-state index in [9.17, 15) is 9.59 Å². The van der Waals surface area contributed by atoms with Gasteiger partial charge in [-0.05, 0) is 61.0 Å². The minimum Gasteiger partial charge on any atom is -0.497 e. The Morgan fingerprint density at radius 1 is 0.972 bits per heavy atom. The molecule has 0 saturated carbocycles. The van der Waals surface area contributed by atoms with Crippen LogP contribution in [0.2, 0.25) is 10.0 Å². The molecule has 7 nitrogen and oxygen atoms in total. The van der Waals surface area contributed by atoms with E-state index < -0.39 is 0 Å². The largest absolute Gasteiger partial charge is 0.497 e. The number of aromatic nitrogens is 2. The Balaban J connectivity index is 1.53. The number of fused-ring (bicyclic) bond motifs is 1. The molecule has 3 aromatic carbocycles. The molecular formula is C27H26Cl2N4O3. The van der Waals surface area contributed by atoms with Gasteiger partial charge < -0.3 is 18.8 Å². The van der Waals surface area contributed by atoms with E-state index in [4.69, 9.17) is 33.3 Å². The molecule has 0 bridgehead atoms. The van der Waals surface area contributed by atoms with Crippen molar-refractivity contribution < 1.29 is 14.3 Å². The minimum atomic E-state index is -0.132. The van der Waals surface area contributed by atoms with Crippen LogP contribution in [0.25, 0.3) is 11.0 Å². The fourth-order valence-electron chi connectivity index (χ4n) is 4.15. The summed E-state index contributed by atoms with van der Waals surface area (Å²) < 4.78 is 8.66. The smallest absolute Gasteiger partial charge is 0.253 e. The quantitative estimate of drug-likeness (QED) is 0.302. The molecule has 0 aliphatic rings. The molecule has 1 heterocycles. The van der Waals surface area contributed by atoms with Crippen LogP contribution in [0.15, 0.2) is 66.7 Å². The van der Waals surface area contributed by atoms with Crippen molar-refractivity contribution in [3.63, 3.8) is 0 Å². The maximum absolute atomic E-state index is 12.9. The summed E-state index contributed by atoms with van der Waals surface area (Å²) in [7, 11) is 3.31. The monoisotopic (exact) mass is 524 g/mol. The number of carbonyl (C=O) groups is 2. The van der Waals surface area contributed by atoms with Crippen molar-refractivity contribution in [2.24, 2.45) is 0 Å². The molecule has 1 aromatic heterocycles. The second-order valence-electron chi connectivity index (χ2n) is 8.41. The topological polar surface area (TPSA) is 80.3 Å². The molecule has 4 aromatic rings. The molecule has 0 spiro atoms. The van der Waals surface area contributed by atoms with E-state index in [-0.39, 0.29) is 23.9 Å². The molecule has 0 aliphatic carbocycles. The van der Waals surface area contributed by atoms with E-state index in [0.717, 1.165) is 0 Å². The predicted octanol–water partition coefficient (Wildman–Crippen LogP) is 5.28. The Kier molecular flexibility index (Phi) is 7.82. The lowest BCUT2D eigenvalue weighted by Crippen LogP contribution is -2.31. The van der Waals surface area contributed by atoms with Crippen LogP contribution in [0.1, 0.15) is 27.1 Å². The molecule has 36 heavy (non-hydrogen) atoms. The Morgan fingerprint density at radius 2 is 1.69 bits per heavy atom. The lowest BCUT2D eigenvalue weighted by molar-refractivity contribution is 0.0791. The highest BCUT2D eigenvalue weighted by Gasteiger charge is 2.18. The van der Waals surface area contributed by atoms with Crippen molar-refractivity contribution in [3.05, 3.63) is 93.5 Å². The van der Waals surface area contributed by atoms with E-state index in [1.165, 1.54) is 0 Å². The lowest BCUT2D eigenvalue weighted by atomic mass is 10.1. The van der Waals surface area contributed by atoms with Gasteiger partial charge in [-0.3, -0.25) is 15.0 Å². The van der Waals surface area contributed by atoms with Gasteiger partial charge in [-0.2, -0.15) is 0 Å². The zero-order valence-electron chi connectivity index (χ0n) is 20.0. The molecule has 0 radical (unpaired) electrons. The van der Waals surface area contributed by atoms with Gasteiger partial charge in [0.25, 0.3) is 5.91 Å². The standard InChI is InChI=1S/C27H26Cl2N4O3/c1-31(26(35)19-6-3-7-21(16-19)36-2)14-5-15-32-25-22(29)8-4-9-23(25)33(27(32)30)17-24(34)18-10-12-20(28)13-11-18/h3-4,6-13,16,30H,5,14-15,17H2,1-2H3. The van der Waals surface area contributed by atoms with Crippen LogP contribution in [-0.4, -0.2) is 46.4 Å². The highest BCUT2D eigenvalue weighted by Crippen LogP contribution is 2.23. The summed E-state index contributed by atoms with van der Waals surface area (Å²) in [5.41, 5.74) is 2.63. The zero-order chi connectivity index (χ0) is 25.8. The van der Waals surface area contributed by atoms with Gasteiger partial charge in [-0.1, -0.05) is 35.3 Å². The number of nitrogens with zero attached hydrogens (tertiary/aromatic N) is 3. The highest BCUT2D eigenvalue weighted by molar-refractivity contribution is 6.35. The molecule has 0 aliphatic heterocycles. The Morgan fingerprint density at radius 3 is 2.42 bits per heavy atom. The van der Waals surface area contributed by atoms with Crippen LogP contribution >= 0.6 is 23.2 Å². The molecule has 9 heteroatoms. The maximum atomic E-state index is 12.9. The molecule has 0 atom stereocenters. The summed E-state index contributed by atoms with van der Waals surface area (Å²) in [6.45, 7) is 0.929. The number of benzene rings is 3. The molecular weight excluding hydrogens is 499 g/mol. The number of hydrogen-bond donors (Lipinski definition) is 1. The van der Waals surface area contributed by atoms with Crippen LogP contribution in [0.4, 0.5) is 0 Å². The number of ether oxygens (including phenoxy) is 1. The molecule has 0 unspecified atom stereocenters. The maximum Gasteiger partial charge on any atom is 0.253 e. The summed E-state index contributed by atoms with van der Waals surface area (Å²) in [4.78, 5) is 27.4. The number of hydrogen-bond acceptors (Lipinski definition) is 4. The zero-order valence-corrected chi connectivity index (χ0v) is 21.5. The second-order valence-corrected chi connectivity index (χ2v) is 9.25. The molecule has 1 N–H and O–H groups in total. The number of para-hydroxylation sites is 1. The third-order valence-corrected chi connectivity index (χ3v) is 6.60. The number of carbonyl (C=O) groups excluding carboxylic acids is 2.